The lowest BCUT2D eigenvalue weighted by Crippen LogP contribution is -2.36. The second kappa shape index (κ2) is 9.64. The summed E-state index contributed by atoms with van der Waals surface area (Å²) in [6.07, 6.45) is 0. The Morgan fingerprint density at radius 3 is 2.07 bits per heavy atom. The molecule has 30 heavy (non-hydrogen) atoms. The van der Waals surface area contributed by atoms with E-state index in [1.165, 1.54) is 16.9 Å². The van der Waals surface area contributed by atoms with Crippen molar-refractivity contribution in [3.8, 4) is 0 Å². The summed E-state index contributed by atoms with van der Waals surface area (Å²) >= 11 is 0. The van der Waals surface area contributed by atoms with E-state index in [2.05, 4.69) is 102 Å². The van der Waals surface area contributed by atoms with Crippen LogP contribution in [0.2, 0.25) is 0 Å². The Bertz CT molecular complexity index is 942. The van der Waals surface area contributed by atoms with Crippen molar-refractivity contribution >= 4 is 16.9 Å². The van der Waals surface area contributed by atoms with Gasteiger partial charge in [-0.15, -0.1) is 0 Å². The maximum absolute atomic E-state index is 5.45. The van der Waals surface area contributed by atoms with E-state index < -0.39 is 0 Å². The average Bonchev–Trinajstić information content (AvgIpc) is 2.83. The Hall–Kier alpha value is -3.04. The molecule has 3 heteroatoms. The SMILES string of the molecule is C=C(c1ccc(N2CCOCC2)cc1)c1ccc(N(CC)Cc2ccccc2)cc1. The lowest BCUT2D eigenvalue weighted by Gasteiger charge is -2.29. The van der Waals surface area contributed by atoms with Gasteiger partial charge in [-0.3, -0.25) is 0 Å². The molecule has 0 saturated carbocycles. The van der Waals surface area contributed by atoms with Crippen LogP contribution in [0.1, 0.15) is 23.6 Å². The number of morpholine rings is 1. The van der Waals surface area contributed by atoms with E-state index in [9.17, 15) is 0 Å². The fourth-order valence-electron chi connectivity index (χ4n) is 3.92. The van der Waals surface area contributed by atoms with Crippen LogP contribution >= 0.6 is 0 Å². The normalized spacial score (nSPS) is 13.8. The first kappa shape index (κ1) is 20.2. The summed E-state index contributed by atoms with van der Waals surface area (Å²) in [5, 5.41) is 0. The molecule has 0 spiro atoms. The number of nitrogens with zero attached hydrogens (tertiary/aromatic N) is 2. The highest BCUT2D eigenvalue weighted by Gasteiger charge is 2.12. The van der Waals surface area contributed by atoms with Gasteiger partial charge in [-0.1, -0.05) is 61.2 Å². The topological polar surface area (TPSA) is 15.7 Å². The zero-order valence-corrected chi connectivity index (χ0v) is 17.8. The Kier molecular flexibility index (Phi) is 6.50. The van der Waals surface area contributed by atoms with Crippen molar-refractivity contribution in [2.45, 2.75) is 13.5 Å². The summed E-state index contributed by atoms with van der Waals surface area (Å²) in [4.78, 5) is 4.76. The molecule has 154 valence electrons. The number of hydrogen-bond acceptors (Lipinski definition) is 3. The van der Waals surface area contributed by atoms with Crippen molar-refractivity contribution in [2.75, 3.05) is 42.6 Å². The quantitative estimate of drug-likeness (QED) is 0.514. The summed E-state index contributed by atoms with van der Waals surface area (Å²) in [6.45, 7) is 12.0. The van der Waals surface area contributed by atoms with E-state index in [0.717, 1.165) is 56.1 Å². The third-order valence-electron chi connectivity index (χ3n) is 5.77. The summed E-state index contributed by atoms with van der Waals surface area (Å²) in [5.41, 5.74) is 7.20. The molecule has 0 bridgehead atoms. The highest BCUT2D eigenvalue weighted by atomic mass is 16.5. The largest absolute Gasteiger partial charge is 0.378 e. The molecule has 1 saturated heterocycles. The first-order chi connectivity index (χ1) is 14.7. The van der Waals surface area contributed by atoms with Crippen LogP contribution in [0.3, 0.4) is 0 Å². The lowest BCUT2D eigenvalue weighted by molar-refractivity contribution is 0.122. The van der Waals surface area contributed by atoms with Gasteiger partial charge in [0.05, 0.1) is 13.2 Å². The standard InChI is InChI=1S/C27H30N2O/c1-3-28(21-23-7-5-4-6-8-23)26-13-9-24(10-14-26)22(2)25-11-15-27(16-12-25)29-17-19-30-20-18-29/h4-16H,2-3,17-21H2,1H3. The smallest absolute Gasteiger partial charge is 0.0642 e. The van der Waals surface area contributed by atoms with Crippen LogP contribution < -0.4 is 9.80 Å². The van der Waals surface area contributed by atoms with Gasteiger partial charge in [0.15, 0.2) is 0 Å². The predicted molar refractivity (Wildman–Crippen MR) is 127 cm³/mol. The Morgan fingerprint density at radius 1 is 0.867 bits per heavy atom. The summed E-state index contributed by atoms with van der Waals surface area (Å²) < 4.78 is 5.45. The summed E-state index contributed by atoms with van der Waals surface area (Å²) in [5.74, 6) is 0. The Balaban J connectivity index is 1.44. The van der Waals surface area contributed by atoms with Crippen molar-refractivity contribution in [3.05, 3.63) is 102 Å². The van der Waals surface area contributed by atoms with Crippen LogP contribution in [-0.2, 0) is 11.3 Å². The summed E-state index contributed by atoms with van der Waals surface area (Å²) in [7, 11) is 0. The number of rotatable bonds is 7. The summed E-state index contributed by atoms with van der Waals surface area (Å²) in [6, 6.07) is 28.1. The van der Waals surface area contributed by atoms with Crippen LogP contribution in [0.4, 0.5) is 11.4 Å². The molecule has 3 nitrogen and oxygen atoms in total. The van der Waals surface area contributed by atoms with Crippen molar-refractivity contribution in [2.24, 2.45) is 0 Å². The molecule has 4 rings (SSSR count). The van der Waals surface area contributed by atoms with Crippen molar-refractivity contribution in [1.82, 2.24) is 0 Å². The van der Waals surface area contributed by atoms with Crippen molar-refractivity contribution in [3.63, 3.8) is 0 Å². The third kappa shape index (κ3) is 4.74. The Labute approximate surface area is 180 Å². The fourth-order valence-corrected chi connectivity index (χ4v) is 3.92. The number of ether oxygens (including phenoxy) is 1. The second-order valence-electron chi connectivity index (χ2n) is 7.67. The lowest BCUT2D eigenvalue weighted by atomic mass is 9.99. The molecule has 1 aliphatic rings. The van der Waals surface area contributed by atoms with Gasteiger partial charge in [0.1, 0.15) is 0 Å². The number of benzene rings is 3. The molecular weight excluding hydrogens is 368 g/mol. The van der Waals surface area contributed by atoms with E-state index in [4.69, 9.17) is 4.74 Å². The average molecular weight is 399 g/mol. The van der Waals surface area contributed by atoms with Crippen LogP contribution in [0.25, 0.3) is 5.57 Å². The van der Waals surface area contributed by atoms with Gasteiger partial charge in [0.2, 0.25) is 0 Å². The highest BCUT2D eigenvalue weighted by molar-refractivity contribution is 5.79. The van der Waals surface area contributed by atoms with Gasteiger partial charge in [0.25, 0.3) is 0 Å². The van der Waals surface area contributed by atoms with Crippen LogP contribution in [0.5, 0.6) is 0 Å². The minimum atomic E-state index is 0.805. The third-order valence-corrected chi connectivity index (χ3v) is 5.77. The van der Waals surface area contributed by atoms with E-state index in [-0.39, 0.29) is 0 Å². The molecule has 0 radical (unpaired) electrons. The van der Waals surface area contributed by atoms with Gasteiger partial charge < -0.3 is 14.5 Å². The van der Waals surface area contributed by atoms with E-state index in [1.807, 2.05) is 0 Å². The van der Waals surface area contributed by atoms with Crippen LogP contribution in [-0.4, -0.2) is 32.8 Å². The highest BCUT2D eigenvalue weighted by Crippen LogP contribution is 2.27. The second-order valence-corrected chi connectivity index (χ2v) is 7.67. The molecule has 3 aromatic carbocycles. The van der Waals surface area contributed by atoms with Gasteiger partial charge >= 0.3 is 0 Å². The van der Waals surface area contributed by atoms with Crippen molar-refractivity contribution < 1.29 is 4.74 Å². The molecule has 1 fully saturated rings. The minimum Gasteiger partial charge on any atom is -0.378 e. The molecule has 0 aromatic heterocycles. The zero-order chi connectivity index (χ0) is 20.8. The number of anilines is 2. The molecule has 0 atom stereocenters. The van der Waals surface area contributed by atoms with E-state index in [0.29, 0.717) is 0 Å². The maximum atomic E-state index is 5.45. The van der Waals surface area contributed by atoms with Crippen LogP contribution in [0.15, 0.2) is 85.4 Å². The predicted octanol–water partition coefficient (Wildman–Crippen LogP) is 5.61. The molecule has 0 amide bonds. The fraction of sp³-hybridized carbons (Fsp3) is 0.259. The van der Waals surface area contributed by atoms with Gasteiger partial charge in [-0.05, 0) is 53.5 Å². The van der Waals surface area contributed by atoms with Gasteiger partial charge in [-0.25, -0.2) is 0 Å². The first-order valence-electron chi connectivity index (χ1n) is 10.8. The van der Waals surface area contributed by atoms with Crippen LogP contribution in [0, 0.1) is 0 Å². The molecule has 1 heterocycles. The molecule has 1 aliphatic heterocycles. The van der Waals surface area contributed by atoms with Gasteiger partial charge in [0, 0.05) is 37.6 Å². The van der Waals surface area contributed by atoms with E-state index in [1.54, 1.807) is 0 Å². The van der Waals surface area contributed by atoms with E-state index >= 15 is 0 Å². The monoisotopic (exact) mass is 398 g/mol. The molecule has 0 unspecified atom stereocenters. The zero-order valence-electron chi connectivity index (χ0n) is 17.8. The molecule has 0 N–H and O–H groups in total. The maximum Gasteiger partial charge on any atom is 0.0642 e. The minimum absolute atomic E-state index is 0.805. The number of hydrogen-bond donors (Lipinski definition) is 0. The van der Waals surface area contributed by atoms with Gasteiger partial charge in [-0.2, -0.15) is 0 Å². The first-order valence-corrected chi connectivity index (χ1v) is 10.8. The van der Waals surface area contributed by atoms with Crippen molar-refractivity contribution in [1.29, 1.82) is 0 Å². The molecule has 3 aromatic rings. The molecular formula is C27H30N2O. The molecule has 0 aliphatic carbocycles. The Morgan fingerprint density at radius 2 is 1.47 bits per heavy atom.